The minimum absolute atomic E-state index is 0.0208. The van der Waals surface area contributed by atoms with Gasteiger partial charge in [0.25, 0.3) is 5.91 Å². The van der Waals surface area contributed by atoms with Gasteiger partial charge in [-0.3, -0.25) is 4.79 Å². The highest BCUT2D eigenvalue weighted by Gasteiger charge is 2.29. The molecule has 1 amide bonds. The number of amides is 1. The van der Waals surface area contributed by atoms with E-state index in [-0.39, 0.29) is 11.9 Å². The first-order valence-electron chi connectivity index (χ1n) is 10.2. The van der Waals surface area contributed by atoms with Crippen LogP contribution in [-0.4, -0.2) is 31.6 Å². The Kier molecular flexibility index (Phi) is 6.42. The molecule has 0 fully saturated rings. The standard InChI is InChI=1S/C23H23NO3.C2H6/c1-15-20-14-22(27-3)21(26-2)13-18(20)10-11-24(15)23(25)19-9-8-16-6-4-5-7-17(16)12-19;1-2/h4-9,12-15H,10-11H2,1-3H3;1-2H3. The quantitative estimate of drug-likeness (QED) is 0.580. The largest absolute Gasteiger partial charge is 0.493 e. The van der Waals surface area contributed by atoms with Crippen molar-refractivity contribution < 1.29 is 14.3 Å². The molecule has 4 rings (SSSR count). The van der Waals surface area contributed by atoms with Crippen molar-refractivity contribution in [1.29, 1.82) is 0 Å². The highest BCUT2D eigenvalue weighted by Crippen LogP contribution is 2.38. The van der Waals surface area contributed by atoms with Crippen LogP contribution >= 0.6 is 0 Å². The highest BCUT2D eigenvalue weighted by molar-refractivity contribution is 5.99. The molecule has 1 atom stereocenters. The molecule has 4 nitrogen and oxygen atoms in total. The van der Waals surface area contributed by atoms with Gasteiger partial charge in [0, 0.05) is 12.1 Å². The van der Waals surface area contributed by atoms with Crippen molar-refractivity contribution >= 4 is 16.7 Å². The van der Waals surface area contributed by atoms with E-state index in [0.29, 0.717) is 12.3 Å². The molecule has 0 spiro atoms. The molecule has 1 unspecified atom stereocenters. The molecular formula is C25H29NO3. The van der Waals surface area contributed by atoms with Crippen molar-refractivity contribution in [2.75, 3.05) is 20.8 Å². The lowest BCUT2D eigenvalue weighted by atomic mass is 9.92. The fourth-order valence-electron chi connectivity index (χ4n) is 3.91. The van der Waals surface area contributed by atoms with Gasteiger partial charge >= 0.3 is 0 Å². The Hall–Kier alpha value is -3.01. The molecule has 152 valence electrons. The number of fused-ring (bicyclic) bond motifs is 2. The predicted octanol–water partition coefficient (Wildman–Crippen LogP) is 5.64. The second-order valence-electron chi connectivity index (χ2n) is 6.89. The molecule has 0 aromatic heterocycles. The molecule has 1 aliphatic heterocycles. The van der Waals surface area contributed by atoms with Crippen LogP contribution in [-0.2, 0) is 6.42 Å². The predicted molar refractivity (Wildman–Crippen MR) is 118 cm³/mol. The maximum Gasteiger partial charge on any atom is 0.254 e. The monoisotopic (exact) mass is 391 g/mol. The Morgan fingerprint density at radius 3 is 2.28 bits per heavy atom. The molecule has 1 heterocycles. The van der Waals surface area contributed by atoms with Crippen LogP contribution in [0.25, 0.3) is 10.8 Å². The summed E-state index contributed by atoms with van der Waals surface area (Å²) in [5.74, 6) is 1.49. The summed E-state index contributed by atoms with van der Waals surface area (Å²) in [5.41, 5.74) is 3.06. The van der Waals surface area contributed by atoms with Crippen LogP contribution in [0.2, 0.25) is 0 Å². The second-order valence-corrected chi connectivity index (χ2v) is 6.89. The summed E-state index contributed by atoms with van der Waals surface area (Å²) in [4.78, 5) is 15.2. The molecule has 0 bridgehead atoms. The smallest absolute Gasteiger partial charge is 0.254 e. The van der Waals surface area contributed by atoms with Crippen molar-refractivity contribution in [3.05, 3.63) is 71.3 Å². The van der Waals surface area contributed by atoms with E-state index in [2.05, 4.69) is 13.0 Å². The van der Waals surface area contributed by atoms with E-state index in [1.54, 1.807) is 14.2 Å². The summed E-state index contributed by atoms with van der Waals surface area (Å²) in [7, 11) is 3.28. The zero-order valence-electron chi connectivity index (χ0n) is 17.9. The maximum absolute atomic E-state index is 13.2. The molecule has 1 aliphatic rings. The Morgan fingerprint density at radius 1 is 0.931 bits per heavy atom. The van der Waals surface area contributed by atoms with Crippen LogP contribution in [0, 0.1) is 0 Å². The molecule has 4 heteroatoms. The zero-order valence-corrected chi connectivity index (χ0v) is 17.9. The van der Waals surface area contributed by atoms with Gasteiger partial charge in [-0.1, -0.05) is 44.2 Å². The van der Waals surface area contributed by atoms with Crippen LogP contribution in [0.3, 0.4) is 0 Å². The normalized spacial score (nSPS) is 15.2. The number of hydrogen-bond donors (Lipinski definition) is 0. The molecule has 0 aliphatic carbocycles. The number of carbonyl (C=O) groups excluding carboxylic acids is 1. The average molecular weight is 392 g/mol. The number of hydrogen-bond acceptors (Lipinski definition) is 3. The van der Waals surface area contributed by atoms with Gasteiger partial charge in [0.15, 0.2) is 11.5 Å². The third kappa shape index (κ3) is 3.93. The summed E-state index contributed by atoms with van der Waals surface area (Å²) in [6.07, 6.45) is 0.805. The molecule has 3 aromatic carbocycles. The van der Waals surface area contributed by atoms with E-state index >= 15 is 0 Å². The first kappa shape index (κ1) is 20.7. The minimum Gasteiger partial charge on any atom is -0.493 e. The molecule has 0 radical (unpaired) electrons. The second kappa shape index (κ2) is 8.99. The first-order chi connectivity index (χ1) is 14.1. The molecule has 29 heavy (non-hydrogen) atoms. The number of ether oxygens (including phenoxy) is 2. The van der Waals surface area contributed by atoms with Gasteiger partial charge in [-0.15, -0.1) is 0 Å². The molecule has 3 aromatic rings. The first-order valence-corrected chi connectivity index (χ1v) is 10.2. The molecule has 0 saturated heterocycles. The molecular weight excluding hydrogens is 362 g/mol. The fourth-order valence-corrected chi connectivity index (χ4v) is 3.91. The number of nitrogens with zero attached hydrogens (tertiary/aromatic N) is 1. The third-order valence-corrected chi connectivity index (χ3v) is 5.44. The van der Waals surface area contributed by atoms with Crippen molar-refractivity contribution in [2.24, 2.45) is 0 Å². The van der Waals surface area contributed by atoms with Gasteiger partial charge < -0.3 is 14.4 Å². The van der Waals surface area contributed by atoms with Crippen molar-refractivity contribution in [1.82, 2.24) is 4.90 Å². The van der Waals surface area contributed by atoms with Gasteiger partial charge in [-0.05, 0) is 59.5 Å². The fraction of sp³-hybridized carbons (Fsp3) is 0.320. The van der Waals surface area contributed by atoms with Gasteiger partial charge in [-0.25, -0.2) is 0 Å². The van der Waals surface area contributed by atoms with Gasteiger partial charge in [0.1, 0.15) is 0 Å². The Balaban J connectivity index is 0.00000117. The molecule has 0 N–H and O–H groups in total. The van der Waals surface area contributed by atoms with E-state index in [9.17, 15) is 4.79 Å². The minimum atomic E-state index is -0.0208. The van der Waals surface area contributed by atoms with Crippen molar-refractivity contribution in [2.45, 2.75) is 33.2 Å². The maximum atomic E-state index is 13.2. The van der Waals surface area contributed by atoms with Crippen LogP contribution in [0.1, 0.15) is 48.3 Å². The molecule has 0 saturated carbocycles. The van der Waals surface area contributed by atoms with Gasteiger partial charge in [-0.2, -0.15) is 0 Å². The zero-order chi connectivity index (χ0) is 21.0. The Bertz CT molecular complexity index is 1010. The summed E-state index contributed by atoms with van der Waals surface area (Å²) in [6.45, 7) is 6.76. The average Bonchev–Trinajstić information content (AvgIpc) is 2.79. The topological polar surface area (TPSA) is 38.8 Å². The lowest BCUT2D eigenvalue weighted by Gasteiger charge is -2.36. The number of benzene rings is 3. The highest BCUT2D eigenvalue weighted by atomic mass is 16.5. The van der Waals surface area contributed by atoms with Gasteiger partial charge in [0.2, 0.25) is 0 Å². The number of rotatable bonds is 3. The van der Waals surface area contributed by atoms with E-state index in [1.165, 1.54) is 5.56 Å². The van der Waals surface area contributed by atoms with Crippen molar-refractivity contribution in [3.8, 4) is 11.5 Å². The van der Waals surface area contributed by atoms with Crippen LogP contribution in [0.5, 0.6) is 11.5 Å². The SMILES string of the molecule is CC.COc1cc2c(cc1OC)C(C)N(C(=O)c1ccc3ccccc3c1)CC2. The Morgan fingerprint density at radius 2 is 1.59 bits per heavy atom. The van der Waals surface area contributed by atoms with E-state index in [1.807, 2.05) is 67.3 Å². The third-order valence-electron chi connectivity index (χ3n) is 5.44. The van der Waals surface area contributed by atoms with E-state index in [0.717, 1.165) is 34.1 Å². The van der Waals surface area contributed by atoms with Crippen molar-refractivity contribution in [3.63, 3.8) is 0 Å². The van der Waals surface area contributed by atoms with Crippen LogP contribution in [0.4, 0.5) is 0 Å². The summed E-state index contributed by atoms with van der Waals surface area (Å²) < 4.78 is 10.9. The van der Waals surface area contributed by atoms with Crippen LogP contribution < -0.4 is 9.47 Å². The number of carbonyl (C=O) groups is 1. The number of methoxy groups -OCH3 is 2. The lowest BCUT2D eigenvalue weighted by Crippen LogP contribution is -2.38. The summed E-state index contributed by atoms with van der Waals surface area (Å²) in [6, 6.07) is 18.0. The lowest BCUT2D eigenvalue weighted by molar-refractivity contribution is 0.0677. The van der Waals surface area contributed by atoms with E-state index in [4.69, 9.17) is 9.47 Å². The van der Waals surface area contributed by atoms with Gasteiger partial charge in [0.05, 0.1) is 20.3 Å². The van der Waals surface area contributed by atoms with E-state index < -0.39 is 0 Å². The van der Waals surface area contributed by atoms with Crippen LogP contribution in [0.15, 0.2) is 54.6 Å². The summed E-state index contributed by atoms with van der Waals surface area (Å²) in [5, 5.41) is 2.22. The summed E-state index contributed by atoms with van der Waals surface area (Å²) >= 11 is 0. The Labute approximate surface area is 173 Å².